The topological polar surface area (TPSA) is 56.8 Å². The molecule has 3 rings (SSSR count). The first-order valence-electron chi connectivity index (χ1n) is 9.53. The number of carbonyl (C=O) groups is 1. The first kappa shape index (κ1) is 19.2. The minimum absolute atomic E-state index is 0.127. The van der Waals surface area contributed by atoms with Crippen LogP contribution in [0.15, 0.2) is 24.3 Å². The average Bonchev–Trinajstić information content (AvgIpc) is 2.69. The Morgan fingerprint density at radius 2 is 1.92 bits per heavy atom. The van der Waals surface area contributed by atoms with Crippen molar-refractivity contribution >= 4 is 5.91 Å². The molecule has 1 amide bonds. The van der Waals surface area contributed by atoms with Crippen molar-refractivity contribution in [3.63, 3.8) is 0 Å². The third-order valence-corrected chi connectivity index (χ3v) is 5.02. The van der Waals surface area contributed by atoms with E-state index in [1.54, 1.807) is 18.2 Å². The van der Waals surface area contributed by atoms with Gasteiger partial charge in [-0.15, -0.1) is 0 Å². The van der Waals surface area contributed by atoms with Crippen molar-refractivity contribution in [1.29, 1.82) is 0 Å². The molecule has 2 aliphatic heterocycles. The second-order valence-corrected chi connectivity index (χ2v) is 6.81. The van der Waals surface area contributed by atoms with Crippen LogP contribution in [0, 0.1) is 5.82 Å². The Balaban J connectivity index is 1.56. The van der Waals surface area contributed by atoms with Crippen LogP contribution in [-0.4, -0.2) is 81.3 Å². The highest BCUT2D eigenvalue weighted by molar-refractivity contribution is 5.83. The van der Waals surface area contributed by atoms with E-state index < -0.39 is 6.04 Å². The molecule has 26 heavy (non-hydrogen) atoms. The molecule has 6 nitrogen and oxygen atoms in total. The van der Waals surface area contributed by atoms with Gasteiger partial charge in [-0.2, -0.15) is 0 Å². The van der Waals surface area contributed by atoms with Gasteiger partial charge >= 0.3 is 0 Å². The fourth-order valence-electron chi connectivity index (χ4n) is 3.58. The van der Waals surface area contributed by atoms with E-state index in [1.807, 2.05) is 4.90 Å². The van der Waals surface area contributed by atoms with Crippen LogP contribution in [0.1, 0.15) is 18.0 Å². The lowest BCUT2D eigenvalue weighted by Crippen LogP contribution is -2.47. The molecule has 2 N–H and O–H groups in total. The number of halogens is 1. The Morgan fingerprint density at radius 1 is 1.19 bits per heavy atom. The second kappa shape index (κ2) is 9.97. The molecule has 144 valence electrons. The van der Waals surface area contributed by atoms with Gasteiger partial charge in [0.2, 0.25) is 5.91 Å². The summed E-state index contributed by atoms with van der Waals surface area (Å²) in [5.41, 5.74) is 0.439. The second-order valence-electron chi connectivity index (χ2n) is 6.81. The number of hydrogen-bond donors (Lipinski definition) is 2. The highest BCUT2D eigenvalue weighted by Gasteiger charge is 2.30. The van der Waals surface area contributed by atoms with E-state index in [2.05, 4.69) is 15.5 Å². The summed E-state index contributed by atoms with van der Waals surface area (Å²) in [6.45, 7) is 8.15. The lowest BCUT2D eigenvalue weighted by atomic mass is 10.0. The number of rotatable bonds is 7. The Kier molecular flexibility index (Phi) is 7.37. The maximum Gasteiger partial charge on any atom is 0.242 e. The summed E-state index contributed by atoms with van der Waals surface area (Å²) in [7, 11) is 0. The summed E-state index contributed by atoms with van der Waals surface area (Å²) in [6.07, 6.45) is 0.902. The summed E-state index contributed by atoms with van der Waals surface area (Å²) in [5, 5.41) is 6.35. The van der Waals surface area contributed by atoms with E-state index in [-0.39, 0.29) is 11.7 Å². The number of hydrogen-bond acceptors (Lipinski definition) is 5. The van der Waals surface area contributed by atoms with Crippen LogP contribution in [0.2, 0.25) is 0 Å². The Bertz CT molecular complexity index is 574. The lowest BCUT2D eigenvalue weighted by Gasteiger charge is -2.34. The van der Waals surface area contributed by atoms with E-state index in [9.17, 15) is 9.18 Å². The molecule has 0 aromatic heterocycles. The number of benzene rings is 1. The summed E-state index contributed by atoms with van der Waals surface area (Å²) < 4.78 is 19.7. The number of carbonyl (C=O) groups excluding carboxylic acids is 1. The van der Waals surface area contributed by atoms with Gasteiger partial charge in [-0.05, 0) is 19.0 Å². The average molecular weight is 364 g/mol. The molecule has 2 fully saturated rings. The standard InChI is InChI=1S/C19H29FN4O2/c20-17-5-2-1-4-16(17)18(24-12-14-26-15-13-24)19(25)22-6-3-9-23-10-7-21-8-11-23/h1-2,4-5,18,21H,3,6-15H2,(H,22,25). The zero-order valence-corrected chi connectivity index (χ0v) is 15.3. The van der Waals surface area contributed by atoms with Crippen molar-refractivity contribution in [1.82, 2.24) is 20.4 Å². The van der Waals surface area contributed by atoms with Gasteiger partial charge in [0.05, 0.1) is 13.2 Å². The molecule has 2 saturated heterocycles. The first-order valence-corrected chi connectivity index (χ1v) is 9.53. The van der Waals surface area contributed by atoms with Crippen molar-refractivity contribution in [2.45, 2.75) is 12.5 Å². The Labute approximate surface area is 154 Å². The summed E-state index contributed by atoms with van der Waals surface area (Å²) in [6, 6.07) is 5.96. The Morgan fingerprint density at radius 3 is 2.65 bits per heavy atom. The normalized spacial score (nSPS) is 20.7. The van der Waals surface area contributed by atoms with Gasteiger partial charge in [-0.3, -0.25) is 9.69 Å². The van der Waals surface area contributed by atoms with Crippen LogP contribution in [0.25, 0.3) is 0 Å². The van der Waals surface area contributed by atoms with Crippen LogP contribution >= 0.6 is 0 Å². The molecule has 1 unspecified atom stereocenters. The van der Waals surface area contributed by atoms with Gasteiger partial charge in [-0.1, -0.05) is 18.2 Å². The van der Waals surface area contributed by atoms with Crippen molar-refractivity contribution in [3.05, 3.63) is 35.6 Å². The molecule has 1 aromatic rings. The number of ether oxygens (including phenoxy) is 1. The van der Waals surface area contributed by atoms with Gasteiger partial charge in [0.1, 0.15) is 11.9 Å². The van der Waals surface area contributed by atoms with Gasteiger partial charge < -0.3 is 20.3 Å². The van der Waals surface area contributed by atoms with Crippen molar-refractivity contribution < 1.29 is 13.9 Å². The van der Waals surface area contributed by atoms with E-state index in [0.29, 0.717) is 38.4 Å². The molecule has 2 heterocycles. The smallest absolute Gasteiger partial charge is 0.242 e. The SMILES string of the molecule is O=C(NCCCN1CCNCC1)C(c1ccccc1F)N1CCOCC1. The number of morpholine rings is 1. The lowest BCUT2D eigenvalue weighted by molar-refractivity contribution is -0.128. The highest BCUT2D eigenvalue weighted by Crippen LogP contribution is 2.24. The minimum atomic E-state index is -0.598. The summed E-state index contributed by atoms with van der Waals surface area (Å²) >= 11 is 0. The monoisotopic (exact) mass is 364 g/mol. The maximum atomic E-state index is 14.3. The number of nitrogens with one attached hydrogen (secondary N) is 2. The summed E-state index contributed by atoms with van der Waals surface area (Å²) in [5.74, 6) is -0.461. The molecular weight excluding hydrogens is 335 g/mol. The van der Waals surface area contributed by atoms with Crippen molar-refractivity contribution in [3.8, 4) is 0 Å². The Hall–Kier alpha value is -1.54. The molecular formula is C19H29FN4O2. The van der Waals surface area contributed by atoms with Crippen LogP contribution in [-0.2, 0) is 9.53 Å². The van der Waals surface area contributed by atoms with Crippen LogP contribution < -0.4 is 10.6 Å². The molecule has 1 atom stereocenters. The first-order chi connectivity index (χ1) is 12.8. The number of piperazine rings is 1. The van der Waals surface area contributed by atoms with E-state index in [0.717, 1.165) is 39.1 Å². The zero-order valence-electron chi connectivity index (χ0n) is 15.3. The molecule has 0 aliphatic carbocycles. The third-order valence-electron chi connectivity index (χ3n) is 5.02. The number of nitrogens with zero attached hydrogens (tertiary/aromatic N) is 2. The predicted molar refractivity (Wildman–Crippen MR) is 98.5 cm³/mol. The fourth-order valence-corrected chi connectivity index (χ4v) is 3.58. The molecule has 2 aliphatic rings. The van der Waals surface area contributed by atoms with Crippen LogP contribution in [0.3, 0.4) is 0 Å². The van der Waals surface area contributed by atoms with Gasteiger partial charge in [-0.25, -0.2) is 4.39 Å². The molecule has 1 aromatic carbocycles. The number of amides is 1. The van der Waals surface area contributed by atoms with E-state index in [1.165, 1.54) is 6.07 Å². The van der Waals surface area contributed by atoms with E-state index in [4.69, 9.17) is 4.74 Å². The van der Waals surface area contributed by atoms with Crippen LogP contribution in [0.4, 0.5) is 4.39 Å². The molecule has 0 bridgehead atoms. The maximum absolute atomic E-state index is 14.3. The molecule has 0 radical (unpaired) electrons. The van der Waals surface area contributed by atoms with E-state index >= 15 is 0 Å². The predicted octanol–water partition coefficient (Wildman–Crippen LogP) is 0.611. The van der Waals surface area contributed by atoms with Gasteiger partial charge in [0.25, 0.3) is 0 Å². The third kappa shape index (κ3) is 5.23. The van der Waals surface area contributed by atoms with Crippen molar-refractivity contribution in [2.75, 3.05) is 65.6 Å². The fraction of sp³-hybridized carbons (Fsp3) is 0.632. The summed E-state index contributed by atoms with van der Waals surface area (Å²) in [4.78, 5) is 17.3. The van der Waals surface area contributed by atoms with Gasteiger partial charge in [0.15, 0.2) is 0 Å². The molecule has 7 heteroatoms. The largest absolute Gasteiger partial charge is 0.379 e. The highest BCUT2D eigenvalue weighted by atomic mass is 19.1. The zero-order chi connectivity index (χ0) is 18.2. The minimum Gasteiger partial charge on any atom is -0.379 e. The quantitative estimate of drug-likeness (QED) is 0.695. The molecule has 0 spiro atoms. The molecule has 0 saturated carbocycles. The van der Waals surface area contributed by atoms with Crippen molar-refractivity contribution in [2.24, 2.45) is 0 Å². The van der Waals surface area contributed by atoms with Gasteiger partial charge in [0, 0.05) is 51.4 Å². The van der Waals surface area contributed by atoms with Crippen LogP contribution in [0.5, 0.6) is 0 Å².